The quantitative estimate of drug-likeness (QED) is 0.803. The van der Waals surface area contributed by atoms with Crippen LogP contribution in [0, 0.1) is 5.92 Å². The summed E-state index contributed by atoms with van der Waals surface area (Å²) in [4.78, 5) is 13.1. The third kappa shape index (κ3) is 2.00. The van der Waals surface area contributed by atoms with E-state index >= 15 is 0 Å². The van der Waals surface area contributed by atoms with Crippen LogP contribution in [0.25, 0.3) is 0 Å². The van der Waals surface area contributed by atoms with Gasteiger partial charge in [0.1, 0.15) is 12.0 Å². The molecule has 0 saturated carbocycles. The second-order valence-corrected chi connectivity index (χ2v) is 4.48. The van der Waals surface area contributed by atoms with E-state index in [1.165, 1.54) is 11.8 Å². The van der Waals surface area contributed by atoms with Gasteiger partial charge < -0.3 is 9.84 Å². The van der Waals surface area contributed by atoms with Crippen LogP contribution in [0.4, 0.5) is 5.69 Å². The molecule has 1 aliphatic rings. The molecule has 1 amide bonds. The van der Waals surface area contributed by atoms with Gasteiger partial charge in [-0.25, -0.2) is 0 Å². The molecule has 4 nitrogen and oxygen atoms in total. The standard InChI is InChI=1S/C13H17NO3/c1-8-6-10-7-11(17-3)4-5-12(10)14(9(2)15)13(8)16/h4-5,7-8,13,16H,6H2,1-3H3/t8-,13+/m1/s1. The van der Waals surface area contributed by atoms with Crippen LogP contribution in [0.5, 0.6) is 5.75 Å². The Morgan fingerprint density at radius 1 is 1.53 bits per heavy atom. The molecule has 1 aromatic carbocycles. The van der Waals surface area contributed by atoms with Crippen molar-refractivity contribution < 1.29 is 14.6 Å². The van der Waals surface area contributed by atoms with E-state index in [0.717, 1.165) is 23.4 Å². The Bertz CT molecular complexity index is 444. The highest BCUT2D eigenvalue weighted by Gasteiger charge is 2.32. The summed E-state index contributed by atoms with van der Waals surface area (Å²) in [6, 6.07) is 5.55. The summed E-state index contributed by atoms with van der Waals surface area (Å²) in [5.74, 6) is 0.657. The van der Waals surface area contributed by atoms with Crippen molar-refractivity contribution in [3.63, 3.8) is 0 Å². The van der Waals surface area contributed by atoms with Gasteiger partial charge in [-0.3, -0.25) is 9.69 Å². The fourth-order valence-corrected chi connectivity index (χ4v) is 2.29. The zero-order valence-corrected chi connectivity index (χ0v) is 10.3. The molecule has 1 aromatic rings. The van der Waals surface area contributed by atoms with Gasteiger partial charge in [-0.15, -0.1) is 0 Å². The maximum atomic E-state index is 11.6. The number of anilines is 1. The monoisotopic (exact) mass is 235 g/mol. The molecule has 17 heavy (non-hydrogen) atoms. The first kappa shape index (κ1) is 11.9. The lowest BCUT2D eigenvalue weighted by Gasteiger charge is -2.37. The minimum atomic E-state index is -0.742. The number of hydrogen-bond donors (Lipinski definition) is 1. The average molecular weight is 235 g/mol. The van der Waals surface area contributed by atoms with Crippen molar-refractivity contribution in [2.24, 2.45) is 5.92 Å². The topological polar surface area (TPSA) is 49.8 Å². The number of ether oxygens (including phenoxy) is 1. The van der Waals surface area contributed by atoms with E-state index in [1.54, 1.807) is 13.2 Å². The van der Waals surface area contributed by atoms with Crippen molar-refractivity contribution in [2.45, 2.75) is 26.5 Å². The molecule has 0 unspecified atom stereocenters. The summed E-state index contributed by atoms with van der Waals surface area (Å²) in [5, 5.41) is 10.1. The van der Waals surface area contributed by atoms with Gasteiger partial charge in [0.25, 0.3) is 0 Å². The molecule has 0 radical (unpaired) electrons. The fourth-order valence-electron chi connectivity index (χ4n) is 2.29. The zero-order chi connectivity index (χ0) is 12.6. The van der Waals surface area contributed by atoms with Crippen LogP contribution in [0.3, 0.4) is 0 Å². The molecule has 0 fully saturated rings. The smallest absolute Gasteiger partial charge is 0.225 e. The Balaban J connectivity index is 2.49. The fraction of sp³-hybridized carbons (Fsp3) is 0.462. The van der Waals surface area contributed by atoms with Crippen LogP contribution < -0.4 is 9.64 Å². The molecule has 0 saturated heterocycles. The third-order valence-electron chi connectivity index (χ3n) is 3.20. The van der Waals surface area contributed by atoms with Crippen molar-refractivity contribution in [3.8, 4) is 5.75 Å². The lowest BCUT2D eigenvalue weighted by atomic mass is 9.92. The molecule has 0 bridgehead atoms. The summed E-state index contributed by atoms with van der Waals surface area (Å²) in [5.41, 5.74) is 1.82. The lowest BCUT2D eigenvalue weighted by Crippen LogP contribution is -2.47. The summed E-state index contributed by atoms with van der Waals surface area (Å²) < 4.78 is 5.17. The molecular weight excluding hydrogens is 218 g/mol. The molecule has 2 rings (SSSR count). The van der Waals surface area contributed by atoms with E-state index < -0.39 is 6.23 Å². The molecule has 0 aromatic heterocycles. The van der Waals surface area contributed by atoms with Crippen LogP contribution in [-0.4, -0.2) is 24.4 Å². The van der Waals surface area contributed by atoms with E-state index in [4.69, 9.17) is 4.74 Å². The van der Waals surface area contributed by atoms with Crippen molar-refractivity contribution in [1.29, 1.82) is 0 Å². The van der Waals surface area contributed by atoms with E-state index in [0.29, 0.717) is 0 Å². The van der Waals surface area contributed by atoms with Gasteiger partial charge in [0.2, 0.25) is 5.91 Å². The lowest BCUT2D eigenvalue weighted by molar-refractivity contribution is -0.119. The number of nitrogens with zero attached hydrogens (tertiary/aromatic N) is 1. The minimum absolute atomic E-state index is 0.0264. The largest absolute Gasteiger partial charge is 0.497 e. The normalized spacial score (nSPS) is 23.2. The number of fused-ring (bicyclic) bond motifs is 1. The Hall–Kier alpha value is -1.55. The van der Waals surface area contributed by atoms with Crippen molar-refractivity contribution in [3.05, 3.63) is 23.8 Å². The summed E-state index contributed by atoms with van der Waals surface area (Å²) in [6.07, 6.45) is 0.00527. The van der Waals surface area contributed by atoms with Crippen LogP contribution in [0.2, 0.25) is 0 Å². The number of carbonyl (C=O) groups excluding carboxylic acids is 1. The maximum Gasteiger partial charge on any atom is 0.225 e. The number of carbonyl (C=O) groups is 1. The molecule has 4 heteroatoms. The maximum absolute atomic E-state index is 11.6. The van der Waals surface area contributed by atoms with Crippen LogP contribution in [0.1, 0.15) is 19.4 Å². The highest BCUT2D eigenvalue weighted by Crippen LogP contribution is 2.35. The third-order valence-corrected chi connectivity index (χ3v) is 3.20. The Morgan fingerprint density at radius 3 is 2.82 bits per heavy atom. The SMILES string of the molecule is COc1ccc2c(c1)C[C@@H](C)[C@H](O)N2C(C)=O. The predicted octanol–water partition coefficient (Wildman–Crippen LogP) is 1.56. The summed E-state index contributed by atoms with van der Waals surface area (Å²) >= 11 is 0. The van der Waals surface area contributed by atoms with Gasteiger partial charge in [0.05, 0.1) is 7.11 Å². The molecule has 92 valence electrons. The number of benzene rings is 1. The zero-order valence-electron chi connectivity index (χ0n) is 10.3. The first-order valence-electron chi connectivity index (χ1n) is 5.69. The molecule has 0 aliphatic carbocycles. The van der Waals surface area contributed by atoms with Crippen LogP contribution >= 0.6 is 0 Å². The van der Waals surface area contributed by atoms with Crippen molar-refractivity contribution in [1.82, 2.24) is 0 Å². The highest BCUT2D eigenvalue weighted by molar-refractivity contribution is 5.93. The van der Waals surface area contributed by atoms with E-state index in [1.807, 2.05) is 19.1 Å². The van der Waals surface area contributed by atoms with E-state index in [9.17, 15) is 9.90 Å². The van der Waals surface area contributed by atoms with E-state index in [2.05, 4.69) is 0 Å². The van der Waals surface area contributed by atoms with Gasteiger partial charge in [-0.1, -0.05) is 6.92 Å². The Labute approximate surface area is 101 Å². The number of aliphatic hydroxyl groups is 1. The average Bonchev–Trinajstić information content (AvgIpc) is 2.29. The highest BCUT2D eigenvalue weighted by atomic mass is 16.5. The van der Waals surface area contributed by atoms with Crippen molar-refractivity contribution in [2.75, 3.05) is 12.0 Å². The van der Waals surface area contributed by atoms with Gasteiger partial charge >= 0.3 is 0 Å². The van der Waals surface area contributed by atoms with Crippen LogP contribution in [0.15, 0.2) is 18.2 Å². The second-order valence-electron chi connectivity index (χ2n) is 4.48. The molecule has 0 spiro atoms. The summed E-state index contributed by atoms with van der Waals surface area (Å²) in [7, 11) is 1.62. The van der Waals surface area contributed by atoms with Gasteiger partial charge in [0.15, 0.2) is 0 Å². The van der Waals surface area contributed by atoms with Crippen LogP contribution in [-0.2, 0) is 11.2 Å². The Kier molecular flexibility index (Phi) is 3.07. The number of hydrogen-bond acceptors (Lipinski definition) is 3. The number of amides is 1. The minimum Gasteiger partial charge on any atom is -0.497 e. The molecule has 1 heterocycles. The number of aliphatic hydroxyl groups excluding tert-OH is 1. The molecular formula is C13H17NO3. The first-order valence-corrected chi connectivity index (χ1v) is 5.69. The molecule has 1 aliphatic heterocycles. The molecule has 1 N–H and O–H groups in total. The van der Waals surface area contributed by atoms with Gasteiger partial charge in [-0.05, 0) is 30.2 Å². The van der Waals surface area contributed by atoms with Gasteiger partial charge in [-0.2, -0.15) is 0 Å². The Morgan fingerprint density at radius 2 is 2.24 bits per heavy atom. The predicted molar refractivity (Wildman–Crippen MR) is 65.0 cm³/mol. The molecule has 2 atom stereocenters. The van der Waals surface area contributed by atoms with Crippen molar-refractivity contribution >= 4 is 11.6 Å². The second kappa shape index (κ2) is 4.37. The number of methoxy groups -OCH3 is 1. The summed E-state index contributed by atoms with van der Waals surface area (Å²) in [6.45, 7) is 3.40. The van der Waals surface area contributed by atoms with Gasteiger partial charge in [0, 0.05) is 18.5 Å². The van der Waals surface area contributed by atoms with E-state index in [-0.39, 0.29) is 11.8 Å². The number of rotatable bonds is 1. The first-order chi connectivity index (χ1) is 8.04.